The van der Waals surface area contributed by atoms with Crippen molar-refractivity contribution in [1.29, 1.82) is 0 Å². The zero-order valence-corrected chi connectivity index (χ0v) is 10.1. The maximum atomic E-state index is 13.1. The van der Waals surface area contributed by atoms with Crippen molar-refractivity contribution in [3.63, 3.8) is 0 Å². The van der Waals surface area contributed by atoms with Gasteiger partial charge in [-0.25, -0.2) is 4.39 Å². The summed E-state index contributed by atoms with van der Waals surface area (Å²) in [5, 5.41) is 2.62. The highest BCUT2D eigenvalue weighted by Crippen LogP contribution is 2.17. The number of amides is 1. The van der Waals surface area contributed by atoms with Gasteiger partial charge in [-0.1, -0.05) is 6.07 Å². The predicted molar refractivity (Wildman–Crippen MR) is 65.3 cm³/mol. The molecule has 0 aliphatic carbocycles. The van der Waals surface area contributed by atoms with Gasteiger partial charge in [0.1, 0.15) is 5.82 Å². The molecule has 0 saturated carbocycles. The number of rotatable bonds is 3. The largest absolute Gasteiger partial charge is 0.327 e. The molecule has 0 saturated heterocycles. The average molecular weight is 247 g/mol. The molecule has 16 heavy (non-hydrogen) atoms. The van der Waals surface area contributed by atoms with Crippen LogP contribution in [-0.4, -0.2) is 11.9 Å². The number of hydrogen-bond acceptors (Lipinski definition) is 2. The Bertz CT molecular complexity index is 369. The van der Waals surface area contributed by atoms with Gasteiger partial charge >= 0.3 is 0 Å². The number of benzene rings is 1. The van der Waals surface area contributed by atoms with Crippen LogP contribution in [0.1, 0.15) is 18.9 Å². The second-order valence-electron chi connectivity index (χ2n) is 3.64. The minimum Gasteiger partial charge on any atom is -0.327 e. The average Bonchev–Trinajstić information content (AvgIpc) is 2.11. The summed E-state index contributed by atoms with van der Waals surface area (Å²) in [5.74, 6) is -0.521. The Morgan fingerprint density at radius 3 is 2.75 bits per heavy atom. The lowest BCUT2D eigenvalue weighted by atomic mass is 10.1. The van der Waals surface area contributed by atoms with E-state index in [0.717, 1.165) is 0 Å². The highest BCUT2D eigenvalue weighted by Gasteiger charge is 2.08. The molecule has 3 nitrogen and oxygen atoms in total. The van der Waals surface area contributed by atoms with Gasteiger partial charge in [0.15, 0.2) is 0 Å². The molecule has 1 atom stereocenters. The van der Waals surface area contributed by atoms with Gasteiger partial charge in [-0.3, -0.25) is 4.79 Å². The minimum absolute atomic E-state index is 0. The lowest BCUT2D eigenvalue weighted by Crippen LogP contribution is -2.24. The number of nitrogens with two attached hydrogens (primary N) is 1. The summed E-state index contributed by atoms with van der Waals surface area (Å²) in [6.07, 6.45) is 0.232. The van der Waals surface area contributed by atoms with Gasteiger partial charge in [0.25, 0.3) is 0 Å². The van der Waals surface area contributed by atoms with Crippen molar-refractivity contribution in [3.8, 4) is 0 Å². The van der Waals surface area contributed by atoms with Crippen molar-refractivity contribution in [3.05, 3.63) is 29.6 Å². The van der Waals surface area contributed by atoms with E-state index in [9.17, 15) is 9.18 Å². The fraction of sp³-hybridized carbons (Fsp3) is 0.364. The smallest absolute Gasteiger partial charge is 0.225 e. The third kappa shape index (κ3) is 4.16. The first-order valence-corrected chi connectivity index (χ1v) is 4.81. The standard InChI is InChI=1S/C11H15FN2O.ClH/c1-7(13)6-11(15)14-10-5-3-4-9(12)8(10)2;/h3-5,7H,6,13H2,1-2H3,(H,14,15);1H. The van der Waals surface area contributed by atoms with Gasteiger partial charge in [0.05, 0.1) is 0 Å². The van der Waals surface area contributed by atoms with Crippen LogP contribution in [0.4, 0.5) is 10.1 Å². The van der Waals surface area contributed by atoms with Gasteiger partial charge in [0, 0.05) is 23.7 Å². The van der Waals surface area contributed by atoms with Crippen molar-refractivity contribution in [2.75, 3.05) is 5.32 Å². The van der Waals surface area contributed by atoms with Crippen molar-refractivity contribution in [2.24, 2.45) is 5.73 Å². The summed E-state index contributed by atoms with van der Waals surface area (Å²) in [4.78, 5) is 11.4. The molecule has 0 radical (unpaired) electrons. The Kier molecular flexibility index (Phi) is 6.00. The van der Waals surface area contributed by atoms with Gasteiger partial charge in [-0.2, -0.15) is 0 Å². The molecule has 1 amide bonds. The number of hydrogen-bond donors (Lipinski definition) is 2. The summed E-state index contributed by atoms with van der Waals surface area (Å²) < 4.78 is 13.1. The zero-order chi connectivity index (χ0) is 11.4. The molecule has 1 aromatic carbocycles. The van der Waals surface area contributed by atoms with Crippen LogP contribution in [0.15, 0.2) is 18.2 Å². The van der Waals surface area contributed by atoms with Crippen LogP contribution in [-0.2, 0) is 4.79 Å². The third-order valence-electron chi connectivity index (χ3n) is 2.05. The topological polar surface area (TPSA) is 55.1 Å². The minimum atomic E-state index is -0.325. The quantitative estimate of drug-likeness (QED) is 0.859. The van der Waals surface area contributed by atoms with Crippen LogP contribution < -0.4 is 11.1 Å². The molecule has 1 unspecified atom stereocenters. The van der Waals surface area contributed by atoms with Gasteiger partial charge in [0.2, 0.25) is 5.91 Å². The highest BCUT2D eigenvalue weighted by molar-refractivity contribution is 5.91. The first kappa shape index (κ1) is 14.9. The third-order valence-corrected chi connectivity index (χ3v) is 2.05. The summed E-state index contributed by atoms with van der Waals surface area (Å²) in [7, 11) is 0. The lowest BCUT2D eigenvalue weighted by Gasteiger charge is -2.09. The molecule has 0 spiro atoms. The molecule has 3 N–H and O–H groups in total. The van der Waals surface area contributed by atoms with Crippen LogP contribution in [0.3, 0.4) is 0 Å². The summed E-state index contributed by atoms with van der Waals surface area (Å²) in [6, 6.07) is 4.39. The molecule has 1 rings (SSSR count). The van der Waals surface area contributed by atoms with E-state index in [-0.39, 0.29) is 36.6 Å². The van der Waals surface area contributed by atoms with Crippen molar-refractivity contribution in [1.82, 2.24) is 0 Å². The molecule has 1 aromatic rings. The van der Waals surface area contributed by atoms with Crippen molar-refractivity contribution < 1.29 is 9.18 Å². The molecular weight excluding hydrogens is 231 g/mol. The molecule has 0 heterocycles. The van der Waals surface area contributed by atoms with Gasteiger partial charge in [-0.15, -0.1) is 12.4 Å². The summed E-state index contributed by atoms with van der Waals surface area (Å²) in [5.41, 5.74) is 6.42. The van der Waals surface area contributed by atoms with E-state index < -0.39 is 0 Å². The van der Waals surface area contributed by atoms with E-state index in [2.05, 4.69) is 5.32 Å². The Hall–Kier alpha value is -1.13. The molecule has 0 aliphatic heterocycles. The van der Waals surface area contributed by atoms with E-state index >= 15 is 0 Å². The van der Waals surface area contributed by atoms with Gasteiger partial charge in [-0.05, 0) is 26.0 Å². The monoisotopic (exact) mass is 246 g/mol. The maximum Gasteiger partial charge on any atom is 0.225 e. The van der Waals surface area contributed by atoms with Crippen molar-refractivity contribution >= 4 is 24.0 Å². The van der Waals surface area contributed by atoms with Crippen LogP contribution >= 0.6 is 12.4 Å². The van der Waals surface area contributed by atoms with Crippen LogP contribution in [0.5, 0.6) is 0 Å². The Morgan fingerprint density at radius 1 is 1.56 bits per heavy atom. The van der Waals surface area contributed by atoms with E-state index in [1.54, 1.807) is 26.0 Å². The van der Waals surface area contributed by atoms with Gasteiger partial charge < -0.3 is 11.1 Å². The lowest BCUT2D eigenvalue weighted by molar-refractivity contribution is -0.116. The molecule has 90 valence electrons. The summed E-state index contributed by atoms with van der Waals surface area (Å²) >= 11 is 0. The van der Waals surface area contributed by atoms with Crippen molar-refractivity contribution in [2.45, 2.75) is 26.3 Å². The van der Waals surface area contributed by atoms with Crippen LogP contribution in [0.2, 0.25) is 0 Å². The highest BCUT2D eigenvalue weighted by atomic mass is 35.5. The SMILES string of the molecule is Cc1c(F)cccc1NC(=O)CC(C)N.Cl. The molecule has 0 aliphatic rings. The molecule has 0 fully saturated rings. The Balaban J connectivity index is 0.00000225. The Labute approximate surface area is 101 Å². The predicted octanol–water partition coefficient (Wildman–Crippen LogP) is 2.23. The first-order chi connectivity index (χ1) is 7.00. The number of nitrogens with one attached hydrogen (secondary N) is 1. The molecule has 0 bridgehead atoms. The van der Waals surface area contributed by atoms with Crippen LogP contribution in [0, 0.1) is 12.7 Å². The summed E-state index contributed by atoms with van der Waals surface area (Å²) in [6.45, 7) is 3.37. The second kappa shape index (κ2) is 6.45. The number of anilines is 1. The van der Waals surface area contributed by atoms with E-state index in [0.29, 0.717) is 11.3 Å². The van der Waals surface area contributed by atoms with E-state index in [1.807, 2.05) is 0 Å². The number of halogens is 2. The Morgan fingerprint density at radius 2 is 2.19 bits per heavy atom. The molecular formula is C11H16ClFN2O. The molecule has 0 aromatic heterocycles. The fourth-order valence-electron chi connectivity index (χ4n) is 1.24. The zero-order valence-electron chi connectivity index (χ0n) is 9.29. The first-order valence-electron chi connectivity index (χ1n) is 4.81. The number of carbonyl (C=O) groups is 1. The van der Waals surface area contributed by atoms with E-state index in [1.165, 1.54) is 6.07 Å². The fourth-order valence-corrected chi connectivity index (χ4v) is 1.24. The normalized spacial score (nSPS) is 11.5. The van der Waals surface area contributed by atoms with E-state index in [4.69, 9.17) is 5.73 Å². The van der Waals surface area contributed by atoms with Crippen LogP contribution in [0.25, 0.3) is 0 Å². The molecule has 5 heteroatoms. The maximum absolute atomic E-state index is 13.1. The number of carbonyl (C=O) groups excluding carboxylic acids is 1. The second-order valence-corrected chi connectivity index (χ2v) is 3.64.